The summed E-state index contributed by atoms with van der Waals surface area (Å²) >= 11 is 1.30. The number of aromatic amines is 1. The number of aliphatic hydroxyl groups is 1. The van der Waals surface area contributed by atoms with Crippen molar-refractivity contribution in [1.29, 1.82) is 0 Å². The molecule has 7 nitrogen and oxygen atoms in total. The zero-order valence-corrected chi connectivity index (χ0v) is 13.6. The smallest absolute Gasteiger partial charge is 0.251 e. The van der Waals surface area contributed by atoms with Gasteiger partial charge in [-0.2, -0.15) is 0 Å². The zero-order chi connectivity index (χ0) is 16.4. The van der Waals surface area contributed by atoms with Gasteiger partial charge < -0.3 is 15.4 Å². The van der Waals surface area contributed by atoms with Crippen LogP contribution in [0.3, 0.4) is 0 Å². The molecule has 120 valence electrons. The molecule has 0 saturated carbocycles. The van der Waals surface area contributed by atoms with Gasteiger partial charge in [0.05, 0.1) is 28.1 Å². The van der Waals surface area contributed by atoms with Gasteiger partial charge in [-0.15, -0.1) is 5.10 Å². The van der Waals surface area contributed by atoms with E-state index in [0.717, 1.165) is 21.6 Å². The van der Waals surface area contributed by atoms with Crippen molar-refractivity contribution in [3.05, 3.63) is 40.2 Å². The summed E-state index contributed by atoms with van der Waals surface area (Å²) in [4.78, 5) is 20.5. The molecular weight excluding hydrogens is 314 g/mol. The molecular formula is C15H17N5O2S. The van der Waals surface area contributed by atoms with Gasteiger partial charge in [-0.3, -0.25) is 4.79 Å². The second-order valence-electron chi connectivity index (χ2n) is 5.49. The predicted octanol–water partition coefficient (Wildman–Crippen LogP) is 1.96. The van der Waals surface area contributed by atoms with Crippen molar-refractivity contribution >= 4 is 28.5 Å². The Labute approximate surface area is 136 Å². The molecule has 0 unspecified atom stereocenters. The van der Waals surface area contributed by atoms with E-state index in [1.807, 2.05) is 13.8 Å². The first-order valence-electron chi connectivity index (χ1n) is 7.27. The van der Waals surface area contributed by atoms with Crippen LogP contribution in [0.25, 0.3) is 11.0 Å². The van der Waals surface area contributed by atoms with Gasteiger partial charge in [0.2, 0.25) is 0 Å². The van der Waals surface area contributed by atoms with E-state index < -0.39 is 0 Å². The summed E-state index contributed by atoms with van der Waals surface area (Å²) in [5.41, 5.74) is 2.91. The van der Waals surface area contributed by atoms with Crippen LogP contribution in [0.5, 0.6) is 0 Å². The number of benzene rings is 1. The highest BCUT2D eigenvalue weighted by Crippen LogP contribution is 2.19. The van der Waals surface area contributed by atoms with Gasteiger partial charge in [0.25, 0.3) is 5.91 Å². The van der Waals surface area contributed by atoms with Crippen LogP contribution >= 0.6 is 11.5 Å². The fraction of sp³-hybridized carbons (Fsp3) is 0.333. The van der Waals surface area contributed by atoms with Gasteiger partial charge in [-0.25, -0.2) is 4.98 Å². The molecule has 0 saturated heterocycles. The fourth-order valence-electron chi connectivity index (χ4n) is 2.32. The van der Waals surface area contributed by atoms with Crippen LogP contribution in [0.2, 0.25) is 0 Å². The molecule has 0 atom stereocenters. The molecule has 0 spiro atoms. The summed E-state index contributed by atoms with van der Waals surface area (Å²) in [6.07, 6.45) is 0. The van der Waals surface area contributed by atoms with Gasteiger partial charge in [-0.05, 0) is 35.6 Å². The molecule has 0 aliphatic heterocycles. The normalized spacial score (nSPS) is 11.3. The number of carbonyl (C=O) groups is 1. The SMILES string of the molecule is CC(C)c1nnsc1CNC(=O)c1ccc2nc(CO)[nH]c2c1. The van der Waals surface area contributed by atoms with E-state index in [-0.39, 0.29) is 18.4 Å². The lowest BCUT2D eigenvalue weighted by Crippen LogP contribution is -2.22. The Morgan fingerprint density at radius 3 is 3.00 bits per heavy atom. The molecule has 1 amide bonds. The van der Waals surface area contributed by atoms with E-state index in [9.17, 15) is 4.79 Å². The maximum atomic E-state index is 12.3. The second-order valence-corrected chi connectivity index (χ2v) is 6.33. The van der Waals surface area contributed by atoms with Crippen LogP contribution in [0.15, 0.2) is 18.2 Å². The number of H-pyrrole nitrogens is 1. The van der Waals surface area contributed by atoms with Crippen LogP contribution in [-0.4, -0.2) is 30.6 Å². The Balaban J connectivity index is 1.74. The maximum Gasteiger partial charge on any atom is 0.251 e. The highest BCUT2D eigenvalue weighted by Gasteiger charge is 2.14. The number of amides is 1. The van der Waals surface area contributed by atoms with E-state index >= 15 is 0 Å². The highest BCUT2D eigenvalue weighted by molar-refractivity contribution is 7.05. The summed E-state index contributed by atoms with van der Waals surface area (Å²) in [6, 6.07) is 5.20. The molecule has 0 aliphatic carbocycles. The molecule has 1 aromatic carbocycles. The van der Waals surface area contributed by atoms with Crippen molar-refractivity contribution in [1.82, 2.24) is 24.9 Å². The Kier molecular flexibility index (Phi) is 4.35. The molecule has 23 heavy (non-hydrogen) atoms. The van der Waals surface area contributed by atoms with Crippen molar-refractivity contribution in [3.63, 3.8) is 0 Å². The number of nitrogens with zero attached hydrogens (tertiary/aromatic N) is 3. The molecule has 3 aromatic rings. The predicted molar refractivity (Wildman–Crippen MR) is 87.2 cm³/mol. The molecule has 2 heterocycles. The molecule has 0 bridgehead atoms. The molecule has 2 aromatic heterocycles. The number of hydrogen-bond acceptors (Lipinski definition) is 6. The van der Waals surface area contributed by atoms with Crippen LogP contribution in [0.1, 0.15) is 46.5 Å². The number of aliphatic hydroxyl groups excluding tert-OH is 1. The van der Waals surface area contributed by atoms with Crippen molar-refractivity contribution in [3.8, 4) is 0 Å². The summed E-state index contributed by atoms with van der Waals surface area (Å²) in [7, 11) is 0. The van der Waals surface area contributed by atoms with Crippen molar-refractivity contribution in [2.45, 2.75) is 32.9 Å². The van der Waals surface area contributed by atoms with E-state index in [4.69, 9.17) is 5.11 Å². The molecule has 3 N–H and O–H groups in total. The molecule has 0 fully saturated rings. The number of carbonyl (C=O) groups excluding carboxylic acids is 1. The minimum atomic E-state index is -0.171. The molecule has 3 rings (SSSR count). The lowest BCUT2D eigenvalue weighted by Gasteiger charge is -2.06. The molecule has 8 heteroatoms. The summed E-state index contributed by atoms with van der Waals surface area (Å²) in [6.45, 7) is 4.35. The van der Waals surface area contributed by atoms with Crippen LogP contribution in [-0.2, 0) is 13.2 Å². The van der Waals surface area contributed by atoms with Gasteiger partial charge in [0.15, 0.2) is 0 Å². The van der Waals surface area contributed by atoms with E-state index in [1.165, 1.54) is 11.5 Å². The third-order valence-electron chi connectivity index (χ3n) is 3.48. The molecule has 0 radical (unpaired) electrons. The number of rotatable bonds is 5. The number of hydrogen-bond donors (Lipinski definition) is 3. The Morgan fingerprint density at radius 2 is 2.26 bits per heavy atom. The molecule has 0 aliphatic rings. The van der Waals surface area contributed by atoms with E-state index in [0.29, 0.717) is 17.9 Å². The van der Waals surface area contributed by atoms with Crippen molar-refractivity contribution in [2.75, 3.05) is 0 Å². The standard InChI is InChI=1S/C15H17N5O2S/c1-8(2)14-12(23-20-19-14)6-16-15(22)9-3-4-10-11(5-9)18-13(7-21)17-10/h3-5,8,21H,6-7H2,1-2H3,(H,16,22)(H,17,18). The maximum absolute atomic E-state index is 12.3. The Hall–Kier alpha value is -2.32. The van der Waals surface area contributed by atoms with Gasteiger partial charge in [0.1, 0.15) is 12.4 Å². The van der Waals surface area contributed by atoms with E-state index in [1.54, 1.807) is 18.2 Å². The zero-order valence-electron chi connectivity index (χ0n) is 12.8. The Morgan fingerprint density at radius 1 is 1.43 bits per heavy atom. The summed E-state index contributed by atoms with van der Waals surface area (Å²) < 4.78 is 3.95. The fourth-order valence-corrected chi connectivity index (χ4v) is 3.05. The first-order valence-corrected chi connectivity index (χ1v) is 8.04. The third-order valence-corrected chi connectivity index (χ3v) is 4.22. The first kappa shape index (κ1) is 15.6. The van der Waals surface area contributed by atoms with Crippen molar-refractivity contribution < 1.29 is 9.90 Å². The second kappa shape index (κ2) is 6.43. The van der Waals surface area contributed by atoms with E-state index in [2.05, 4.69) is 24.9 Å². The average Bonchev–Trinajstić information content (AvgIpc) is 3.17. The first-order chi connectivity index (χ1) is 11.1. The topological polar surface area (TPSA) is 104 Å². The summed E-state index contributed by atoms with van der Waals surface area (Å²) in [5.74, 6) is 0.587. The Bertz CT molecular complexity index is 839. The average molecular weight is 331 g/mol. The van der Waals surface area contributed by atoms with Gasteiger partial charge >= 0.3 is 0 Å². The third kappa shape index (κ3) is 3.22. The number of imidazole rings is 1. The largest absolute Gasteiger partial charge is 0.388 e. The monoisotopic (exact) mass is 331 g/mol. The van der Waals surface area contributed by atoms with Crippen LogP contribution in [0, 0.1) is 0 Å². The number of nitrogens with one attached hydrogen (secondary N) is 2. The van der Waals surface area contributed by atoms with Gasteiger partial charge in [-0.1, -0.05) is 18.3 Å². The number of aromatic nitrogens is 4. The number of fused-ring (bicyclic) bond motifs is 1. The quantitative estimate of drug-likeness (QED) is 0.663. The minimum absolute atomic E-state index is 0.160. The van der Waals surface area contributed by atoms with Crippen LogP contribution < -0.4 is 5.32 Å². The van der Waals surface area contributed by atoms with Gasteiger partial charge in [0, 0.05) is 5.56 Å². The lowest BCUT2D eigenvalue weighted by atomic mass is 10.1. The minimum Gasteiger partial charge on any atom is -0.388 e. The highest BCUT2D eigenvalue weighted by atomic mass is 32.1. The van der Waals surface area contributed by atoms with Crippen molar-refractivity contribution in [2.24, 2.45) is 0 Å². The summed E-state index contributed by atoms with van der Waals surface area (Å²) in [5, 5.41) is 16.1. The lowest BCUT2D eigenvalue weighted by molar-refractivity contribution is 0.0951. The van der Waals surface area contributed by atoms with Crippen LogP contribution in [0.4, 0.5) is 0 Å².